The third kappa shape index (κ3) is 2.41. The standard InChI is InChI=1S/C8H12O.Ti/c1-8(2,9)7-5-3-4-6-7;/h3-5,9H,6H2,1-2H3;. The van der Waals surface area contributed by atoms with Crippen LogP contribution in [-0.4, -0.2) is 10.7 Å². The van der Waals surface area contributed by atoms with Gasteiger partial charge in [0.2, 0.25) is 0 Å². The van der Waals surface area contributed by atoms with Gasteiger partial charge in [0.25, 0.3) is 0 Å². The summed E-state index contributed by atoms with van der Waals surface area (Å²) in [7, 11) is 0. The number of aliphatic hydroxyl groups is 1. The summed E-state index contributed by atoms with van der Waals surface area (Å²) in [6, 6.07) is 0. The van der Waals surface area contributed by atoms with Gasteiger partial charge < -0.3 is 5.11 Å². The molecule has 0 bridgehead atoms. The summed E-state index contributed by atoms with van der Waals surface area (Å²) in [5, 5.41) is 9.41. The van der Waals surface area contributed by atoms with Crippen molar-refractivity contribution in [2.24, 2.45) is 0 Å². The summed E-state index contributed by atoms with van der Waals surface area (Å²) in [5.41, 5.74) is 0.478. The van der Waals surface area contributed by atoms with E-state index in [1.165, 1.54) is 0 Å². The van der Waals surface area contributed by atoms with Gasteiger partial charge in [-0.25, -0.2) is 0 Å². The van der Waals surface area contributed by atoms with Crippen LogP contribution in [0, 0.1) is 0 Å². The summed E-state index contributed by atoms with van der Waals surface area (Å²) in [6.07, 6.45) is 6.91. The largest absolute Gasteiger partial charge is 0.386 e. The first-order valence-corrected chi connectivity index (χ1v) is 3.19. The van der Waals surface area contributed by atoms with Gasteiger partial charge in [-0.1, -0.05) is 18.2 Å². The molecule has 0 aromatic carbocycles. The molecule has 0 saturated heterocycles. The molecule has 0 saturated carbocycles. The minimum absolute atomic E-state index is 0. The minimum atomic E-state index is -0.622. The van der Waals surface area contributed by atoms with Gasteiger partial charge in [-0.2, -0.15) is 0 Å². The summed E-state index contributed by atoms with van der Waals surface area (Å²) in [4.78, 5) is 0. The molecule has 10 heavy (non-hydrogen) atoms. The predicted octanol–water partition coefficient (Wildman–Crippen LogP) is 1.64. The first-order chi connectivity index (χ1) is 4.11. The molecule has 0 heterocycles. The molecule has 1 rings (SSSR count). The number of hydrogen-bond acceptors (Lipinski definition) is 1. The summed E-state index contributed by atoms with van der Waals surface area (Å²) < 4.78 is 0. The van der Waals surface area contributed by atoms with E-state index in [0.29, 0.717) is 0 Å². The molecule has 0 radical (unpaired) electrons. The number of rotatable bonds is 1. The van der Waals surface area contributed by atoms with E-state index in [1.807, 2.05) is 32.1 Å². The van der Waals surface area contributed by atoms with E-state index in [2.05, 4.69) is 0 Å². The second-order valence-electron chi connectivity index (χ2n) is 2.88. The van der Waals surface area contributed by atoms with Crippen molar-refractivity contribution in [1.29, 1.82) is 0 Å². The van der Waals surface area contributed by atoms with E-state index in [0.717, 1.165) is 12.0 Å². The number of allylic oxidation sites excluding steroid dienone is 3. The molecule has 0 spiro atoms. The fourth-order valence-corrected chi connectivity index (χ4v) is 0.901. The van der Waals surface area contributed by atoms with Gasteiger partial charge in [0.15, 0.2) is 0 Å². The minimum Gasteiger partial charge on any atom is -0.386 e. The monoisotopic (exact) mass is 172 g/mol. The number of hydrogen-bond donors (Lipinski definition) is 1. The van der Waals surface area contributed by atoms with Gasteiger partial charge in [0, 0.05) is 21.7 Å². The van der Waals surface area contributed by atoms with Crippen LogP contribution in [-0.2, 0) is 21.7 Å². The van der Waals surface area contributed by atoms with Gasteiger partial charge in [-0.15, -0.1) is 0 Å². The smallest absolute Gasteiger partial charge is 0.0806 e. The maximum atomic E-state index is 9.41. The molecule has 0 aliphatic heterocycles. The summed E-state index contributed by atoms with van der Waals surface area (Å²) >= 11 is 0. The van der Waals surface area contributed by atoms with E-state index in [-0.39, 0.29) is 21.7 Å². The first-order valence-electron chi connectivity index (χ1n) is 3.19. The van der Waals surface area contributed by atoms with Crippen molar-refractivity contribution in [3.63, 3.8) is 0 Å². The SMILES string of the molecule is CC(C)(O)C1=CC=CC1.[Ti]. The van der Waals surface area contributed by atoms with Crippen LogP contribution in [0.15, 0.2) is 23.8 Å². The third-order valence-corrected chi connectivity index (χ3v) is 1.56. The Labute approximate surface area is 76.7 Å². The quantitative estimate of drug-likeness (QED) is 0.596. The molecular weight excluding hydrogens is 160 g/mol. The summed E-state index contributed by atoms with van der Waals surface area (Å²) in [6.45, 7) is 3.62. The molecule has 0 aromatic rings. The van der Waals surface area contributed by atoms with Crippen molar-refractivity contribution in [2.45, 2.75) is 25.9 Å². The van der Waals surface area contributed by atoms with Crippen LogP contribution >= 0.6 is 0 Å². The summed E-state index contributed by atoms with van der Waals surface area (Å²) in [5.74, 6) is 0. The Morgan fingerprint density at radius 1 is 1.50 bits per heavy atom. The predicted molar refractivity (Wildman–Crippen MR) is 38.1 cm³/mol. The molecule has 0 atom stereocenters. The van der Waals surface area contributed by atoms with Crippen molar-refractivity contribution in [3.8, 4) is 0 Å². The first kappa shape index (κ1) is 10.2. The van der Waals surface area contributed by atoms with Crippen LogP contribution in [0.4, 0.5) is 0 Å². The Morgan fingerprint density at radius 3 is 2.30 bits per heavy atom. The van der Waals surface area contributed by atoms with Crippen molar-refractivity contribution in [2.75, 3.05) is 0 Å². The molecule has 1 N–H and O–H groups in total. The maximum Gasteiger partial charge on any atom is 0.0806 e. The molecule has 0 unspecified atom stereocenters. The second kappa shape index (κ2) is 3.52. The topological polar surface area (TPSA) is 20.2 Å². The molecular formula is C8H12OTi. The van der Waals surface area contributed by atoms with Crippen LogP contribution in [0.2, 0.25) is 0 Å². The van der Waals surface area contributed by atoms with Crippen molar-refractivity contribution in [1.82, 2.24) is 0 Å². The van der Waals surface area contributed by atoms with Gasteiger partial charge in [-0.05, 0) is 25.8 Å². The third-order valence-electron chi connectivity index (χ3n) is 1.56. The van der Waals surface area contributed by atoms with Crippen LogP contribution in [0.1, 0.15) is 20.3 Å². The van der Waals surface area contributed by atoms with Crippen molar-refractivity contribution in [3.05, 3.63) is 23.8 Å². The van der Waals surface area contributed by atoms with Gasteiger partial charge in [-0.3, -0.25) is 0 Å². The zero-order valence-corrected chi connectivity index (χ0v) is 7.95. The maximum absolute atomic E-state index is 9.41. The molecule has 54 valence electrons. The molecule has 1 aliphatic rings. The molecule has 2 heteroatoms. The normalized spacial score (nSPS) is 16.5. The van der Waals surface area contributed by atoms with E-state index in [1.54, 1.807) is 0 Å². The molecule has 0 fully saturated rings. The van der Waals surface area contributed by atoms with E-state index >= 15 is 0 Å². The molecule has 0 amide bonds. The second-order valence-corrected chi connectivity index (χ2v) is 2.88. The molecule has 0 aromatic heterocycles. The van der Waals surface area contributed by atoms with Crippen molar-refractivity contribution >= 4 is 0 Å². The van der Waals surface area contributed by atoms with Crippen molar-refractivity contribution < 1.29 is 26.8 Å². The molecule has 1 aliphatic carbocycles. The average Bonchev–Trinajstić information content (AvgIpc) is 2.08. The molecule has 1 nitrogen and oxygen atoms in total. The van der Waals surface area contributed by atoms with Crippen LogP contribution in [0.3, 0.4) is 0 Å². The zero-order chi connectivity index (χ0) is 6.91. The Balaban J connectivity index is 0.000000810. The van der Waals surface area contributed by atoms with Crippen LogP contribution in [0.5, 0.6) is 0 Å². The van der Waals surface area contributed by atoms with Gasteiger partial charge >= 0.3 is 0 Å². The zero-order valence-electron chi connectivity index (χ0n) is 6.39. The van der Waals surface area contributed by atoms with Gasteiger partial charge in [0.1, 0.15) is 0 Å². The van der Waals surface area contributed by atoms with Crippen LogP contribution < -0.4 is 0 Å². The Bertz CT molecular complexity index is 163. The average molecular weight is 172 g/mol. The van der Waals surface area contributed by atoms with E-state index < -0.39 is 5.60 Å². The van der Waals surface area contributed by atoms with E-state index in [4.69, 9.17) is 0 Å². The van der Waals surface area contributed by atoms with E-state index in [9.17, 15) is 5.11 Å². The fourth-order valence-electron chi connectivity index (χ4n) is 0.901. The Kier molecular flexibility index (Phi) is 3.57. The Morgan fingerprint density at radius 2 is 2.10 bits per heavy atom. The van der Waals surface area contributed by atoms with Gasteiger partial charge in [0.05, 0.1) is 5.60 Å². The Hall–Kier alpha value is 0.154. The fraction of sp³-hybridized carbons (Fsp3) is 0.500. The van der Waals surface area contributed by atoms with Crippen LogP contribution in [0.25, 0.3) is 0 Å².